The first-order valence-corrected chi connectivity index (χ1v) is 3.77. The Morgan fingerprint density at radius 1 is 1.54 bits per heavy atom. The Hall–Kier alpha value is 0.117. The molecule has 0 heterocycles. The molecule has 0 radical (unpaired) electrons. The number of hydrogen-bond donors (Lipinski definition) is 1. The van der Waals surface area contributed by atoms with Gasteiger partial charge in [0.2, 0.25) is 0 Å². The fraction of sp³-hybridized carbons (Fsp3) is 0.250. The van der Waals surface area contributed by atoms with Crippen molar-refractivity contribution >= 4 is 15.9 Å². The number of halogens is 3. The average molecular weight is 244 g/mol. The fourth-order valence-corrected chi connectivity index (χ4v) is 0.877. The van der Waals surface area contributed by atoms with Crippen LogP contribution in [0.3, 0.4) is 0 Å². The van der Waals surface area contributed by atoms with Gasteiger partial charge in [-0.25, -0.2) is 13.3 Å². The van der Waals surface area contributed by atoms with E-state index < -0.39 is 18.1 Å². The molecule has 13 heavy (non-hydrogen) atoms. The van der Waals surface area contributed by atoms with Gasteiger partial charge in [0.25, 0.3) is 5.92 Å². The molecule has 0 saturated heterocycles. The van der Waals surface area contributed by atoms with Gasteiger partial charge >= 0.3 is 18.9 Å². The maximum Gasteiger partial charge on any atom is 1.00 e. The van der Waals surface area contributed by atoms with E-state index in [2.05, 4.69) is 15.9 Å². The molecule has 0 bridgehead atoms. The first-order chi connectivity index (χ1) is 5.45. The molecule has 68 valence electrons. The van der Waals surface area contributed by atoms with Crippen LogP contribution in [0.4, 0.5) is 8.78 Å². The van der Waals surface area contributed by atoms with E-state index in [1.807, 2.05) is 0 Å². The van der Waals surface area contributed by atoms with Gasteiger partial charge in [0, 0.05) is 0 Å². The number of hydrogen-bond acceptors (Lipinski definition) is 1. The Labute approximate surface area is 96.5 Å². The molecule has 0 rings (SSSR count). The van der Waals surface area contributed by atoms with Crippen molar-refractivity contribution < 1.29 is 32.7 Å². The Balaban J connectivity index is 0. The van der Waals surface area contributed by atoms with E-state index in [0.717, 1.165) is 6.08 Å². The van der Waals surface area contributed by atoms with Crippen LogP contribution < -0.4 is 18.9 Å². The third-order valence-corrected chi connectivity index (χ3v) is 1.78. The minimum Gasteiger partial charge on any atom is -0.390 e. The zero-order chi connectivity index (χ0) is 9.78. The van der Waals surface area contributed by atoms with Crippen molar-refractivity contribution in [2.45, 2.75) is 5.92 Å². The van der Waals surface area contributed by atoms with Crippen LogP contribution in [0.5, 0.6) is 0 Å². The van der Waals surface area contributed by atoms with E-state index in [4.69, 9.17) is 18.3 Å². The van der Waals surface area contributed by atoms with Gasteiger partial charge in [-0.2, -0.15) is 21.5 Å². The molecule has 0 aliphatic heterocycles. The van der Waals surface area contributed by atoms with E-state index in [9.17, 15) is 8.78 Å². The molecule has 1 nitrogen and oxygen atoms in total. The Morgan fingerprint density at radius 3 is 2.31 bits per heavy atom. The second-order valence-electron chi connectivity index (χ2n) is 1.98. The maximum absolute atomic E-state index is 12.6. The molecule has 0 unspecified atom stereocenters. The number of rotatable bonds is 4. The summed E-state index contributed by atoms with van der Waals surface area (Å²) in [5.41, 5.74) is -0.744. The van der Waals surface area contributed by atoms with Crippen molar-refractivity contribution in [3.05, 3.63) is 35.4 Å². The number of aliphatic hydroxyl groups is 1. The molecular formula is C8H7BrF2LiO-. The molecule has 0 spiro atoms. The summed E-state index contributed by atoms with van der Waals surface area (Å²) in [6, 6.07) is 0. The SMILES string of the molecule is [CH-]=C/C=C(/Br)C(=[CH-])C(F)(F)CO.[Li+]. The molecule has 0 aliphatic carbocycles. The van der Waals surface area contributed by atoms with Crippen LogP contribution in [0.2, 0.25) is 0 Å². The zero-order valence-electron chi connectivity index (χ0n) is 7.10. The van der Waals surface area contributed by atoms with Crippen LogP contribution in [-0.2, 0) is 0 Å². The third kappa shape index (κ3) is 4.77. The topological polar surface area (TPSA) is 20.2 Å². The van der Waals surface area contributed by atoms with Crippen LogP contribution in [0.25, 0.3) is 0 Å². The maximum atomic E-state index is 12.6. The van der Waals surface area contributed by atoms with E-state index >= 15 is 0 Å². The Bertz CT molecular complexity index is 226. The van der Waals surface area contributed by atoms with Gasteiger partial charge in [-0.3, -0.25) is 25.3 Å². The van der Waals surface area contributed by atoms with Gasteiger partial charge in [-0.1, -0.05) is 0 Å². The minimum absolute atomic E-state index is 0. The van der Waals surface area contributed by atoms with Crippen LogP contribution >= 0.6 is 15.9 Å². The predicted molar refractivity (Wildman–Crippen MR) is 45.7 cm³/mol. The second kappa shape index (κ2) is 6.55. The van der Waals surface area contributed by atoms with Crippen LogP contribution in [0.15, 0.2) is 22.2 Å². The van der Waals surface area contributed by atoms with Gasteiger partial charge in [0.1, 0.15) is 6.61 Å². The van der Waals surface area contributed by atoms with Crippen LogP contribution in [0.1, 0.15) is 0 Å². The van der Waals surface area contributed by atoms with Crippen LogP contribution in [0, 0.1) is 13.2 Å². The fourth-order valence-electron chi connectivity index (χ4n) is 0.434. The van der Waals surface area contributed by atoms with E-state index in [-0.39, 0.29) is 23.3 Å². The molecule has 0 saturated carbocycles. The summed E-state index contributed by atoms with van der Waals surface area (Å²) in [5, 5.41) is 8.24. The van der Waals surface area contributed by atoms with E-state index in [1.165, 1.54) is 6.08 Å². The largest absolute Gasteiger partial charge is 1.00 e. The van der Waals surface area contributed by atoms with Gasteiger partial charge in [0.05, 0.1) is 0 Å². The van der Waals surface area contributed by atoms with Gasteiger partial charge in [-0.05, 0) is 0 Å². The zero-order valence-corrected chi connectivity index (χ0v) is 8.68. The Morgan fingerprint density at radius 2 is 2.00 bits per heavy atom. The summed E-state index contributed by atoms with van der Waals surface area (Å²) in [6.45, 7) is 8.62. The molecular weight excluding hydrogens is 237 g/mol. The summed E-state index contributed by atoms with van der Waals surface area (Å²) in [5.74, 6) is -3.42. The number of allylic oxidation sites excluding steroid dienone is 3. The normalized spacial score (nSPS) is 11.8. The molecule has 5 heteroatoms. The van der Waals surface area contributed by atoms with Crippen molar-refractivity contribution in [1.82, 2.24) is 0 Å². The summed E-state index contributed by atoms with van der Waals surface area (Å²) in [4.78, 5) is 0. The molecule has 0 aromatic heterocycles. The molecule has 0 aromatic rings. The first kappa shape index (κ1) is 15.6. The molecule has 0 aliphatic rings. The van der Waals surface area contributed by atoms with Crippen molar-refractivity contribution in [3.8, 4) is 0 Å². The Kier molecular flexibility index (Phi) is 7.86. The summed E-state index contributed by atoms with van der Waals surface area (Å²) in [7, 11) is 0. The van der Waals surface area contributed by atoms with Gasteiger partial charge in [-0.15, -0.1) is 0 Å². The number of aliphatic hydroxyl groups excluding tert-OH is 1. The molecule has 1 N–H and O–H groups in total. The molecule has 0 amide bonds. The quantitative estimate of drug-likeness (QED) is 0.391. The van der Waals surface area contributed by atoms with Crippen molar-refractivity contribution in [2.75, 3.05) is 6.61 Å². The standard InChI is InChI=1S/C8H7BrF2O.Li/c1-3-4-7(9)6(2)8(10,11)5-12;/h1-4,12H,5H2;/q-2;+1/b7-4+;. The average Bonchev–Trinajstić information content (AvgIpc) is 2.03. The molecule has 0 aromatic carbocycles. The summed E-state index contributed by atoms with van der Waals surface area (Å²) in [6.07, 6.45) is 2.23. The third-order valence-electron chi connectivity index (χ3n) is 1.09. The van der Waals surface area contributed by atoms with Gasteiger partial charge < -0.3 is 5.11 Å². The van der Waals surface area contributed by atoms with E-state index in [0.29, 0.717) is 0 Å². The molecule has 0 fully saturated rings. The van der Waals surface area contributed by atoms with Gasteiger partial charge in [0.15, 0.2) is 0 Å². The van der Waals surface area contributed by atoms with Crippen LogP contribution in [-0.4, -0.2) is 17.6 Å². The monoisotopic (exact) mass is 243 g/mol. The first-order valence-electron chi connectivity index (χ1n) is 2.98. The van der Waals surface area contributed by atoms with Crippen molar-refractivity contribution in [2.24, 2.45) is 0 Å². The van der Waals surface area contributed by atoms with E-state index in [1.54, 1.807) is 0 Å². The minimum atomic E-state index is -3.42. The van der Waals surface area contributed by atoms with Crippen molar-refractivity contribution in [3.63, 3.8) is 0 Å². The second-order valence-corrected chi connectivity index (χ2v) is 2.84. The smallest absolute Gasteiger partial charge is 0.390 e. The predicted octanol–water partition coefficient (Wildman–Crippen LogP) is -0.755. The summed E-state index contributed by atoms with van der Waals surface area (Å²) >= 11 is 2.78. The summed E-state index contributed by atoms with van der Waals surface area (Å²) < 4.78 is 25.1. The number of alkyl halides is 2. The molecule has 0 atom stereocenters. The van der Waals surface area contributed by atoms with Crippen molar-refractivity contribution in [1.29, 1.82) is 0 Å².